The number of Topliss-reactive ketones (excluding diaryl/α,β-unsaturated/α-hetero) is 1. The molecule has 0 aromatic rings. The maximum Gasteiger partial charge on any atom is 0.326 e. The van der Waals surface area contributed by atoms with E-state index in [1.807, 2.05) is 6.92 Å². The van der Waals surface area contributed by atoms with Crippen LogP contribution in [0.15, 0.2) is 16.8 Å². The van der Waals surface area contributed by atoms with Crippen molar-refractivity contribution in [2.45, 2.75) is 111 Å². The third kappa shape index (κ3) is 5.84. The van der Waals surface area contributed by atoms with Crippen LogP contribution in [-0.4, -0.2) is 53.1 Å². The second-order valence-corrected chi connectivity index (χ2v) is 13.1. The first-order chi connectivity index (χ1) is 18.9. The molecule has 0 radical (unpaired) electrons. The van der Waals surface area contributed by atoms with Gasteiger partial charge in [-0.1, -0.05) is 37.9 Å². The highest BCUT2D eigenvalue weighted by atomic mass is 16.6. The molecule has 0 spiro atoms. The Bertz CT molecular complexity index is 1080. The molecule has 0 bridgehead atoms. The van der Waals surface area contributed by atoms with Crippen LogP contribution in [0.25, 0.3) is 0 Å². The van der Waals surface area contributed by atoms with Gasteiger partial charge in [0.15, 0.2) is 6.61 Å². The smallest absolute Gasteiger partial charge is 0.326 e. The van der Waals surface area contributed by atoms with E-state index in [4.69, 9.17) is 4.84 Å². The maximum absolute atomic E-state index is 12.4. The van der Waals surface area contributed by atoms with Crippen LogP contribution in [0.4, 0.5) is 0 Å². The van der Waals surface area contributed by atoms with E-state index in [2.05, 4.69) is 35.7 Å². The number of aliphatic carboxylic acids is 1. The number of carboxylic acid groups (broad SMARTS) is 1. The summed E-state index contributed by atoms with van der Waals surface area (Å²) in [4.78, 5) is 53.7. The zero-order chi connectivity index (χ0) is 29.2. The summed E-state index contributed by atoms with van der Waals surface area (Å²) in [6.07, 6.45) is 11.6. The van der Waals surface area contributed by atoms with Crippen LogP contribution < -0.4 is 10.6 Å². The predicted molar refractivity (Wildman–Crippen MR) is 151 cm³/mol. The van der Waals surface area contributed by atoms with Gasteiger partial charge >= 0.3 is 5.97 Å². The van der Waals surface area contributed by atoms with E-state index in [0.717, 1.165) is 44.2 Å². The zero-order valence-electron chi connectivity index (χ0n) is 24.8. The first-order valence-electron chi connectivity index (χ1n) is 15.1. The van der Waals surface area contributed by atoms with E-state index in [1.165, 1.54) is 25.3 Å². The van der Waals surface area contributed by atoms with E-state index in [1.54, 1.807) is 6.92 Å². The Kier molecular flexibility index (Phi) is 9.10. The number of amides is 2. The molecule has 3 fully saturated rings. The number of carbonyl (C=O) groups excluding carboxylic acids is 3. The number of hydrogen-bond donors (Lipinski definition) is 3. The number of oxime groups is 1. The van der Waals surface area contributed by atoms with Gasteiger partial charge in [-0.2, -0.15) is 0 Å². The molecule has 0 heterocycles. The summed E-state index contributed by atoms with van der Waals surface area (Å²) in [6, 6.07) is -1.87. The predicted octanol–water partition coefficient (Wildman–Crippen LogP) is 4.40. The second-order valence-electron chi connectivity index (χ2n) is 13.1. The molecule has 0 saturated heterocycles. The summed E-state index contributed by atoms with van der Waals surface area (Å²) in [6.45, 7) is 9.61. The van der Waals surface area contributed by atoms with E-state index in [9.17, 15) is 24.3 Å². The molecule has 3 N–H and O–H groups in total. The van der Waals surface area contributed by atoms with E-state index >= 15 is 0 Å². The lowest BCUT2D eigenvalue weighted by molar-refractivity contribution is -0.142. The number of carboxylic acids is 1. The third-order valence-corrected chi connectivity index (χ3v) is 10.8. The van der Waals surface area contributed by atoms with Gasteiger partial charge in [0.25, 0.3) is 5.91 Å². The Labute approximate surface area is 237 Å². The average Bonchev–Trinajstić information content (AvgIpc) is 3.26. The lowest BCUT2D eigenvalue weighted by atomic mass is 9.46. The van der Waals surface area contributed by atoms with E-state index < -0.39 is 29.9 Å². The SMILES string of the molecule is CCC[C@@H](NC(=O)[C@H](C)NC(=O)CO/N=C1/C=C2CC[C@H]3[C@@H]4CC[C@H](C(C)=O)[C@@]4(C)CC[C@@H]3[C@@]2(C)CC1)C(=O)O. The molecule has 0 unspecified atom stereocenters. The number of rotatable bonds is 10. The normalized spacial score (nSPS) is 35.3. The van der Waals surface area contributed by atoms with Crippen molar-refractivity contribution in [1.29, 1.82) is 0 Å². The van der Waals surface area contributed by atoms with Gasteiger partial charge < -0.3 is 20.6 Å². The molecule has 9 heteroatoms. The van der Waals surface area contributed by atoms with Gasteiger partial charge in [-0.25, -0.2) is 4.79 Å². The van der Waals surface area contributed by atoms with Gasteiger partial charge in [0, 0.05) is 5.92 Å². The van der Waals surface area contributed by atoms with Crippen LogP contribution in [0.2, 0.25) is 0 Å². The molecule has 0 aromatic carbocycles. The fourth-order valence-electron chi connectivity index (χ4n) is 8.68. The number of fused-ring (bicyclic) bond motifs is 5. The first-order valence-corrected chi connectivity index (χ1v) is 15.1. The third-order valence-electron chi connectivity index (χ3n) is 10.8. The van der Waals surface area contributed by atoms with Crippen molar-refractivity contribution in [1.82, 2.24) is 10.6 Å². The first kappa shape index (κ1) is 30.3. The lowest BCUT2D eigenvalue weighted by Crippen LogP contribution is -2.51. The van der Waals surface area contributed by atoms with Gasteiger partial charge in [-0.3, -0.25) is 14.4 Å². The zero-order valence-corrected chi connectivity index (χ0v) is 24.8. The Hall–Kier alpha value is -2.71. The average molecular weight is 558 g/mol. The van der Waals surface area contributed by atoms with Gasteiger partial charge in [-0.15, -0.1) is 0 Å². The molecule has 2 amide bonds. The molecule has 0 aliphatic heterocycles. The van der Waals surface area contributed by atoms with E-state index in [0.29, 0.717) is 36.4 Å². The van der Waals surface area contributed by atoms with Crippen LogP contribution in [0, 0.1) is 34.5 Å². The summed E-state index contributed by atoms with van der Waals surface area (Å²) in [7, 11) is 0. The van der Waals surface area contributed by atoms with Gasteiger partial charge in [-0.05, 0) is 106 Å². The summed E-state index contributed by atoms with van der Waals surface area (Å²) >= 11 is 0. The maximum atomic E-state index is 12.4. The van der Waals surface area contributed by atoms with Crippen molar-refractivity contribution in [2.24, 2.45) is 39.7 Å². The fourth-order valence-corrected chi connectivity index (χ4v) is 8.68. The second kappa shape index (κ2) is 12.0. The number of carbonyl (C=O) groups is 4. The van der Waals surface area contributed by atoms with Crippen LogP contribution in [-0.2, 0) is 24.0 Å². The lowest BCUT2D eigenvalue weighted by Gasteiger charge is -2.58. The van der Waals surface area contributed by atoms with Gasteiger partial charge in [0.1, 0.15) is 17.9 Å². The number of nitrogens with zero attached hydrogens (tertiary/aromatic N) is 1. The summed E-state index contributed by atoms with van der Waals surface area (Å²) in [5, 5.41) is 18.5. The Balaban J connectivity index is 1.31. The van der Waals surface area contributed by atoms with Crippen molar-refractivity contribution >= 4 is 29.3 Å². The topological polar surface area (TPSA) is 134 Å². The molecular weight excluding hydrogens is 510 g/mol. The minimum Gasteiger partial charge on any atom is -0.480 e. The van der Waals surface area contributed by atoms with Crippen LogP contribution in [0.5, 0.6) is 0 Å². The highest BCUT2D eigenvalue weighted by Gasteiger charge is 2.59. The van der Waals surface area contributed by atoms with Crippen LogP contribution in [0.3, 0.4) is 0 Å². The van der Waals surface area contributed by atoms with Crippen molar-refractivity contribution in [3.05, 3.63) is 11.6 Å². The summed E-state index contributed by atoms with van der Waals surface area (Å²) in [5.41, 5.74) is 2.57. The molecular formula is C31H47N3O6. The highest BCUT2D eigenvalue weighted by Crippen LogP contribution is 2.66. The molecule has 222 valence electrons. The monoisotopic (exact) mass is 557 g/mol. The van der Waals surface area contributed by atoms with Crippen LogP contribution >= 0.6 is 0 Å². The molecule has 8 atom stereocenters. The molecule has 4 aliphatic carbocycles. The molecule has 3 saturated carbocycles. The molecule has 4 rings (SSSR count). The highest BCUT2D eigenvalue weighted by molar-refractivity contribution is 5.96. The minimum atomic E-state index is -1.10. The van der Waals surface area contributed by atoms with Crippen molar-refractivity contribution < 1.29 is 29.1 Å². The van der Waals surface area contributed by atoms with Crippen molar-refractivity contribution in [2.75, 3.05) is 6.61 Å². The Morgan fingerprint density at radius 2 is 1.82 bits per heavy atom. The Morgan fingerprint density at radius 3 is 2.50 bits per heavy atom. The number of hydrogen-bond acceptors (Lipinski definition) is 6. The standard InChI is InChI=1S/C31H47N3O6/c1-6-7-26(29(38)39)33-28(37)18(2)32-27(36)17-40-34-21-12-14-30(4)20(16-21)8-9-22-24-11-10-23(19(3)35)31(24,5)15-13-25(22)30/h16,18,22-26H,6-15,17H2,1-5H3,(H,32,36)(H,33,37)(H,38,39)/b34-21+/t18-,22-,23+,24-,25-,26+,30-,31+/m0/s1. The molecule has 4 aliphatic rings. The quantitative estimate of drug-likeness (QED) is 0.341. The molecule has 9 nitrogen and oxygen atoms in total. The minimum absolute atomic E-state index is 0.142. The van der Waals surface area contributed by atoms with Crippen molar-refractivity contribution in [3.63, 3.8) is 0 Å². The van der Waals surface area contributed by atoms with Gasteiger partial charge in [0.2, 0.25) is 5.91 Å². The fraction of sp³-hybridized carbons (Fsp3) is 0.774. The number of nitrogens with one attached hydrogen (secondary N) is 2. The number of allylic oxidation sites excluding steroid dienone is 2. The van der Waals surface area contributed by atoms with Gasteiger partial charge in [0.05, 0.1) is 5.71 Å². The van der Waals surface area contributed by atoms with Crippen molar-refractivity contribution in [3.8, 4) is 0 Å². The Morgan fingerprint density at radius 1 is 1.07 bits per heavy atom. The molecule has 40 heavy (non-hydrogen) atoms. The summed E-state index contributed by atoms with van der Waals surface area (Å²) < 4.78 is 0. The molecule has 0 aromatic heterocycles. The largest absolute Gasteiger partial charge is 0.480 e. The van der Waals surface area contributed by atoms with E-state index in [-0.39, 0.29) is 23.4 Å². The van der Waals surface area contributed by atoms with Crippen LogP contribution in [0.1, 0.15) is 98.8 Å². The number of ketones is 1. The summed E-state index contributed by atoms with van der Waals surface area (Å²) in [5.74, 6) is 0.407.